The lowest BCUT2D eigenvalue weighted by Crippen LogP contribution is -2.23. The predicted octanol–water partition coefficient (Wildman–Crippen LogP) is 2.36. The highest BCUT2D eigenvalue weighted by molar-refractivity contribution is 7.89. The summed E-state index contributed by atoms with van der Waals surface area (Å²) in [6.45, 7) is 2.52. The van der Waals surface area contributed by atoms with Gasteiger partial charge >= 0.3 is 0 Å². The molecular formula is C17H17ClN2O4S. The quantitative estimate of drug-likeness (QED) is 0.750. The summed E-state index contributed by atoms with van der Waals surface area (Å²) in [6.07, 6.45) is 0.825. The Morgan fingerprint density at radius 2 is 1.60 bits per heavy atom. The summed E-state index contributed by atoms with van der Waals surface area (Å²) in [5.41, 5.74) is 0.887. The second-order valence-electron chi connectivity index (χ2n) is 5.35. The van der Waals surface area contributed by atoms with Gasteiger partial charge in [-0.15, -0.1) is 0 Å². The predicted molar refractivity (Wildman–Crippen MR) is 95.3 cm³/mol. The van der Waals surface area contributed by atoms with Crippen molar-refractivity contribution >= 4 is 33.3 Å². The van der Waals surface area contributed by atoms with Gasteiger partial charge in [0.1, 0.15) is 4.90 Å². The Morgan fingerprint density at radius 3 is 2.16 bits per heavy atom. The van der Waals surface area contributed by atoms with Crippen LogP contribution in [0, 0.1) is 0 Å². The number of primary sulfonamides is 1. The molecule has 25 heavy (non-hydrogen) atoms. The van der Waals surface area contributed by atoms with E-state index in [0.717, 1.165) is 12.5 Å². The first-order valence-corrected chi connectivity index (χ1v) is 9.41. The van der Waals surface area contributed by atoms with E-state index < -0.39 is 15.8 Å². The van der Waals surface area contributed by atoms with Gasteiger partial charge in [0.15, 0.2) is 5.78 Å². The number of halogens is 1. The molecule has 2 rings (SSSR count). The van der Waals surface area contributed by atoms with Gasteiger partial charge in [-0.05, 0) is 36.8 Å². The molecule has 0 atom stereocenters. The average molecular weight is 381 g/mol. The van der Waals surface area contributed by atoms with E-state index in [1.807, 2.05) is 6.92 Å². The minimum atomic E-state index is -4.04. The second-order valence-corrected chi connectivity index (χ2v) is 7.29. The van der Waals surface area contributed by atoms with Crippen molar-refractivity contribution < 1.29 is 18.0 Å². The number of amides is 1. The van der Waals surface area contributed by atoms with Crippen LogP contribution in [0.1, 0.15) is 39.6 Å². The van der Waals surface area contributed by atoms with Crippen molar-refractivity contribution in [1.29, 1.82) is 0 Å². The number of ketones is 1. The number of nitrogens with one attached hydrogen (secondary N) is 1. The molecule has 0 aliphatic carbocycles. The van der Waals surface area contributed by atoms with E-state index in [4.69, 9.17) is 16.7 Å². The van der Waals surface area contributed by atoms with Crippen LogP contribution in [0.15, 0.2) is 47.4 Å². The third kappa shape index (κ3) is 4.66. The van der Waals surface area contributed by atoms with Gasteiger partial charge < -0.3 is 5.32 Å². The van der Waals surface area contributed by atoms with E-state index in [9.17, 15) is 18.0 Å². The van der Waals surface area contributed by atoms with Crippen LogP contribution in [0.3, 0.4) is 0 Å². The zero-order valence-electron chi connectivity index (χ0n) is 13.5. The topological polar surface area (TPSA) is 106 Å². The molecule has 0 spiro atoms. The molecule has 6 nitrogen and oxygen atoms in total. The molecule has 1 amide bonds. The lowest BCUT2D eigenvalue weighted by molar-refractivity contribution is 0.0952. The fraction of sp³-hybridized carbons (Fsp3) is 0.176. The molecule has 2 aromatic rings. The fourth-order valence-corrected chi connectivity index (χ4v) is 3.21. The zero-order chi connectivity index (χ0) is 18.6. The summed E-state index contributed by atoms with van der Waals surface area (Å²) in [5, 5.41) is 7.78. The highest BCUT2D eigenvalue weighted by Crippen LogP contribution is 2.23. The summed E-state index contributed by atoms with van der Waals surface area (Å²) in [4.78, 5) is 24.1. The summed E-state index contributed by atoms with van der Waals surface area (Å²) < 4.78 is 23.0. The Balaban J connectivity index is 2.28. The third-order valence-electron chi connectivity index (χ3n) is 3.44. The molecule has 0 unspecified atom stereocenters. The normalized spacial score (nSPS) is 11.2. The van der Waals surface area contributed by atoms with Crippen LogP contribution in [-0.2, 0) is 10.0 Å². The summed E-state index contributed by atoms with van der Waals surface area (Å²) >= 11 is 5.81. The molecule has 0 bridgehead atoms. The summed E-state index contributed by atoms with van der Waals surface area (Å²) in [6, 6.07) is 9.95. The van der Waals surface area contributed by atoms with Crippen molar-refractivity contribution in [3.63, 3.8) is 0 Å². The minimum absolute atomic E-state index is 0.0537. The van der Waals surface area contributed by atoms with Crippen molar-refractivity contribution in [2.24, 2.45) is 5.14 Å². The number of hydrogen-bond acceptors (Lipinski definition) is 4. The number of benzene rings is 2. The Hall–Kier alpha value is -2.22. The van der Waals surface area contributed by atoms with E-state index in [-0.39, 0.29) is 21.4 Å². The van der Waals surface area contributed by atoms with Gasteiger partial charge in [0.25, 0.3) is 5.91 Å². The molecule has 8 heteroatoms. The van der Waals surface area contributed by atoms with Gasteiger partial charge in [-0.1, -0.05) is 30.7 Å². The highest BCUT2D eigenvalue weighted by atomic mass is 35.5. The van der Waals surface area contributed by atoms with Crippen LogP contribution in [0.4, 0.5) is 0 Å². The molecule has 3 N–H and O–H groups in total. The Bertz CT molecular complexity index is 909. The first-order chi connectivity index (χ1) is 11.7. The Labute approximate surface area is 151 Å². The van der Waals surface area contributed by atoms with Crippen molar-refractivity contribution in [3.8, 4) is 0 Å². The van der Waals surface area contributed by atoms with E-state index in [2.05, 4.69) is 5.32 Å². The van der Waals surface area contributed by atoms with Gasteiger partial charge in [-0.2, -0.15) is 0 Å². The number of rotatable bonds is 6. The van der Waals surface area contributed by atoms with Gasteiger partial charge in [-0.3, -0.25) is 9.59 Å². The summed E-state index contributed by atoms with van der Waals surface area (Å²) in [7, 11) is -4.04. The smallest absolute Gasteiger partial charge is 0.251 e. The molecule has 0 saturated carbocycles. The van der Waals surface area contributed by atoms with Gasteiger partial charge in [0, 0.05) is 23.2 Å². The summed E-state index contributed by atoms with van der Waals surface area (Å²) in [5.74, 6) is -0.620. The van der Waals surface area contributed by atoms with E-state index in [0.29, 0.717) is 17.7 Å². The molecule has 0 aliphatic rings. The number of nitrogens with two attached hydrogens (primary N) is 1. The SMILES string of the molecule is CCCNC(=O)c1ccc(C(=O)c2ccc(Cl)c(S(N)(=O)=O)c2)cc1. The van der Waals surface area contributed by atoms with Gasteiger partial charge in [0.2, 0.25) is 10.0 Å². The van der Waals surface area contributed by atoms with Crippen LogP contribution in [-0.4, -0.2) is 26.7 Å². The maximum atomic E-state index is 12.5. The lowest BCUT2D eigenvalue weighted by atomic mass is 10.0. The monoisotopic (exact) mass is 380 g/mol. The molecule has 0 heterocycles. The average Bonchev–Trinajstić information content (AvgIpc) is 2.58. The van der Waals surface area contributed by atoms with Crippen LogP contribution in [0.2, 0.25) is 5.02 Å². The second kappa shape index (κ2) is 7.77. The van der Waals surface area contributed by atoms with E-state index in [1.165, 1.54) is 36.4 Å². The van der Waals surface area contributed by atoms with Crippen LogP contribution in [0.5, 0.6) is 0 Å². The van der Waals surface area contributed by atoms with Crippen LogP contribution < -0.4 is 10.5 Å². The van der Waals surface area contributed by atoms with Gasteiger partial charge in [-0.25, -0.2) is 13.6 Å². The molecule has 0 aromatic heterocycles. The highest BCUT2D eigenvalue weighted by Gasteiger charge is 2.17. The third-order valence-corrected chi connectivity index (χ3v) is 4.84. The van der Waals surface area contributed by atoms with E-state index in [1.54, 1.807) is 0 Å². The molecule has 0 saturated heterocycles. The minimum Gasteiger partial charge on any atom is -0.352 e. The van der Waals surface area contributed by atoms with E-state index >= 15 is 0 Å². The van der Waals surface area contributed by atoms with Gasteiger partial charge in [0.05, 0.1) is 5.02 Å². The molecule has 132 valence electrons. The standard InChI is InChI=1S/C17H17ClN2O4S/c1-2-9-20-17(22)12-5-3-11(4-6-12)16(21)13-7-8-14(18)15(10-13)25(19,23)24/h3-8,10H,2,9H2,1H3,(H,20,22)(H2,19,23,24). The van der Waals surface area contributed by atoms with Crippen molar-refractivity contribution in [2.45, 2.75) is 18.2 Å². The Kier molecular flexibility index (Phi) is 5.94. The fourth-order valence-electron chi connectivity index (χ4n) is 2.14. The molecule has 0 radical (unpaired) electrons. The van der Waals surface area contributed by atoms with Crippen LogP contribution in [0.25, 0.3) is 0 Å². The maximum absolute atomic E-state index is 12.5. The molecule has 0 fully saturated rings. The van der Waals surface area contributed by atoms with Crippen molar-refractivity contribution in [2.75, 3.05) is 6.54 Å². The first-order valence-electron chi connectivity index (χ1n) is 7.49. The largest absolute Gasteiger partial charge is 0.352 e. The van der Waals surface area contributed by atoms with Crippen molar-refractivity contribution in [1.82, 2.24) is 5.32 Å². The lowest BCUT2D eigenvalue weighted by Gasteiger charge is -2.07. The number of sulfonamides is 1. The van der Waals surface area contributed by atoms with Crippen LogP contribution >= 0.6 is 11.6 Å². The first kappa shape index (κ1) is 19.1. The molecule has 2 aromatic carbocycles. The maximum Gasteiger partial charge on any atom is 0.251 e. The zero-order valence-corrected chi connectivity index (χ0v) is 15.0. The number of hydrogen-bond donors (Lipinski definition) is 2. The molecular weight excluding hydrogens is 364 g/mol. The molecule has 0 aliphatic heterocycles. The Morgan fingerprint density at radius 1 is 1.04 bits per heavy atom. The van der Waals surface area contributed by atoms with Crippen molar-refractivity contribution in [3.05, 3.63) is 64.2 Å². The number of carbonyl (C=O) groups is 2. The number of carbonyl (C=O) groups excluding carboxylic acids is 2.